The van der Waals surface area contributed by atoms with Gasteiger partial charge < -0.3 is 10.1 Å². The second-order valence-electron chi connectivity index (χ2n) is 7.25. The van der Waals surface area contributed by atoms with Crippen LogP contribution in [0.15, 0.2) is 53.6 Å². The molecule has 3 aromatic heterocycles. The van der Waals surface area contributed by atoms with Crippen LogP contribution in [0.3, 0.4) is 0 Å². The summed E-state index contributed by atoms with van der Waals surface area (Å²) in [5.41, 5.74) is 5.41. The Morgan fingerprint density at radius 3 is 2.74 bits per heavy atom. The van der Waals surface area contributed by atoms with E-state index in [1.165, 1.54) is 4.40 Å². The third-order valence-electron chi connectivity index (χ3n) is 5.52. The molecule has 0 radical (unpaired) electrons. The highest BCUT2D eigenvalue weighted by atomic mass is 16.4. The van der Waals surface area contributed by atoms with Crippen molar-refractivity contribution in [3.05, 3.63) is 75.8 Å². The molecule has 0 unspecified atom stereocenters. The Labute approximate surface area is 154 Å². The second-order valence-corrected chi connectivity index (χ2v) is 7.25. The zero-order chi connectivity index (χ0) is 18.7. The standard InChI is InChI=1S/C22H18N2O3/c1-12-16(14-4-5-19-15(10-14)6-8-23-19)7-9-24-20(12)17(13-2-3-13)11-18(21(24)25)22(26)27/h4-11,13,23H,2-3H2,1H3,(H,26,27). The minimum atomic E-state index is -1.17. The molecule has 0 amide bonds. The molecule has 1 aromatic carbocycles. The number of aromatic amines is 1. The first kappa shape index (κ1) is 15.9. The molecule has 0 spiro atoms. The van der Waals surface area contributed by atoms with Crippen LogP contribution in [-0.2, 0) is 0 Å². The Balaban J connectivity index is 1.82. The summed E-state index contributed by atoms with van der Waals surface area (Å²) >= 11 is 0. The highest BCUT2D eigenvalue weighted by Crippen LogP contribution is 2.43. The lowest BCUT2D eigenvalue weighted by Crippen LogP contribution is -2.23. The van der Waals surface area contributed by atoms with Gasteiger partial charge in [-0.25, -0.2) is 4.79 Å². The lowest BCUT2D eigenvalue weighted by atomic mass is 9.96. The topological polar surface area (TPSA) is 74.6 Å². The van der Waals surface area contributed by atoms with Crippen LogP contribution in [0.2, 0.25) is 0 Å². The number of hydrogen-bond donors (Lipinski definition) is 2. The molecule has 1 fully saturated rings. The average molecular weight is 358 g/mol. The molecule has 5 rings (SSSR count). The predicted molar refractivity (Wildman–Crippen MR) is 105 cm³/mol. The van der Waals surface area contributed by atoms with Crippen LogP contribution in [0, 0.1) is 6.92 Å². The number of benzene rings is 1. The molecule has 4 aromatic rings. The smallest absolute Gasteiger partial charge is 0.341 e. The van der Waals surface area contributed by atoms with E-state index < -0.39 is 11.5 Å². The molecule has 5 nitrogen and oxygen atoms in total. The first-order valence-corrected chi connectivity index (χ1v) is 9.04. The first-order chi connectivity index (χ1) is 13.0. The molecule has 0 aliphatic heterocycles. The fourth-order valence-electron chi connectivity index (χ4n) is 3.99. The number of aryl methyl sites for hydroxylation is 1. The minimum Gasteiger partial charge on any atom is -0.477 e. The Morgan fingerprint density at radius 2 is 2.00 bits per heavy atom. The molecule has 27 heavy (non-hydrogen) atoms. The maximum atomic E-state index is 12.7. The van der Waals surface area contributed by atoms with Crippen molar-refractivity contribution >= 4 is 22.4 Å². The number of fused-ring (bicyclic) bond motifs is 2. The number of aromatic carboxylic acids is 1. The van der Waals surface area contributed by atoms with E-state index in [1.807, 2.05) is 25.3 Å². The van der Waals surface area contributed by atoms with Crippen molar-refractivity contribution in [1.29, 1.82) is 0 Å². The van der Waals surface area contributed by atoms with Gasteiger partial charge >= 0.3 is 5.97 Å². The van der Waals surface area contributed by atoms with Crippen molar-refractivity contribution < 1.29 is 9.90 Å². The van der Waals surface area contributed by atoms with Gasteiger partial charge in [0.05, 0.1) is 5.52 Å². The maximum Gasteiger partial charge on any atom is 0.341 e. The molecular formula is C22H18N2O3. The summed E-state index contributed by atoms with van der Waals surface area (Å²) < 4.78 is 1.50. The summed E-state index contributed by atoms with van der Waals surface area (Å²) in [6.45, 7) is 2.01. The number of nitrogens with zero attached hydrogens (tertiary/aromatic N) is 1. The van der Waals surface area contributed by atoms with E-state index in [-0.39, 0.29) is 5.56 Å². The normalized spacial score (nSPS) is 14.1. The van der Waals surface area contributed by atoms with Gasteiger partial charge in [0, 0.05) is 17.9 Å². The van der Waals surface area contributed by atoms with Gasteiger partial charge in [-0.3, -0.25) is 9.20 Å². The monoisotopic (exact) mass is 358 g/mol. The summed E-state index contributed by atoms with van der Waals surface area (Å²) in [5.74, 6) is -0.837. The van der Waals surface area contributed by atoms with E-state index in [2.05, 4.69) is 23.2 Å². The zero-order valence-electron chi connectivity index (χ0n) is 14.8. The molecule has 0 bridgehead atoms. The van der Waals surface area contributed by atoms with E-state index in [0.717, 1.165) is 51.5 Å². The molecule has 3 heterocycles. The van der Waals surface area contributed by atoms with Gasteiger partial charge in [0.15, 0.2) is 0 Å². The molecule has 0 atom stereocenters. The van der Waals surface area contributed by atoms with Gasteiger partial charge in [-0.2, -0.15) is 0 Å². The number of pyridine rings is 2. The summed E-state index contributed by atoms with van der Waals surface area (Å²) in [6, 6.07) is 11.8. The number of aromatic nitrogens is 2. The van der Waals surface area contributed by atoms with Gasteiger partial charge in [-0.1, -0.05) is 6.07 Å². The summed E-state index contributed by atoms with van der Waals surface area (Å²) in [5, 5.41) is 10.5. The zero-order valence-corrected chi connectivity index (χ0v) is 14.8. The van der Waals surface area contributed by atoms with Crippen LogP contribution >= 0.6 is 0 Å². The van der Waals surface area contributed by atoms with Gasteiger partial charge in [-0.05, 0) is 83.7 Å². The second kappa shape index (κ2) is 5.58. The highest BCUT2D eigenvalue weighted by Gasteiger charge is 2.29. The lowest BCUT2D eigenvalue weighted by molar-refractivity contribution is 0.0694. The van der Waals surface area contributed by atoms with Crippen molar-refractivity contribution in [3.63, 3.8) is 0 Å². The number of carboxylic acid groups (broad SMARTS) is 1. The molecule has 1 aliphatic carbocycles. The number of hydrogen-bond acceptors (Lipinski definition) is 2. The third-order valence-corrected chi connectivity index (χ3v) is 5.52. The average Bonchev–Trinajstić information content (AvgIpc) is 3.39. The quantitative estimate of drug-likeness (QED) is 0.572. The number of H-pyrrole nitrogens is 1. The molecular weight excluding hydrogens is 340 g/mol. The molecule has 5 heteroatoms. The van der Waals surface area contributed by atoms with Gasteiger partial charge in [-0.15, -0.1) is 0 Å². The van der Waals surface area contributed by atoms with Crippen LogP contribution in [-0.4, -0.2) is 20.5 Å². The minimum absolute atomic E-state index is 0.157. The molecule has 2 N–H and O–H groups in total. The van der Waals surface area contributed by atoms with E-state index in [4.69, 9.17) is 0 Å². The lowest BCUT2D eigenvalue weighted by Gasteiger charge is -2.15. The Kier molecular flexibility index (Phi) is 3.28. The van der Waals surface area contributed by atoms with E-state index in [9.17, 15) is 14.7 Å². The fourth-order valence-corrected chi connectivity index (χ4v) is 3.99. The predicted octanol–water partition coefficient (Wildman–Crippen LogP) is 4.33. The van der Waals surface area contributed by atoms with E-state index in [0.29, 0.717) is 5.92 Å². The number of nitrogens with one attached hydrogen (secondary N) is 1. The van der Waals surface area contributed by atoms with Gasteiger partial charge in [0.1, 0.15) is 5.56 Å². The van der Waals surface area contributed by atoms with E-state index >= 15 is 0 Å². The van der Waals surface area contributed by atoms with Crippen molar-refractivity contribution in [1.82, 2.24) is 9.38 Å². The molecule has 0 saturated heterocycles. The Morgan fingerprint density at radius 1 is 1.19 bits per heavy atom. The van der Waals surface area contributed by atoms with Crippen LogP contribution in [0.5, 0.6) is 0 Å². The summed E-state index contributed by atoms with van der Waals surface area (Å²) in [7, 11) is 0. The van der Waals surface area contributed by atoms with Crippen LogP contribution in [0.25, 0.3) is 27.5 Å². The maximum absolute atomic E-state index is 12.7. The van der Waals surface area contributed by atoms with Crippen molar-refractivity contribution in [2.45, 2.75) is 25.7 Å². The first-order valence-electron chi connectivity index (χ1n) is 9.04. The Hall–Kier alpha value is -3.34. The number of carbonyl (C=O) groups is 1. The van der Waals surface area contributed by atoms with Crippen molar-refractivity contribution in [3.8, 4) is 11.1 Å². The van der Waals surface area contributed by atoms with Crippen LogP contribution in [0.1, 0.15) is 40.2 Å². The largest absolute Gasteiger partial charge is 0.477 e. The van der Waals surface area contributed by atoms with Crippen molar-refractivity contribution in [2.24, 2.45) is 0 Å². The van der Waals surface area contributed by atoms with Crippen LogP contribution < -0.4 is 5.56 Å². The fraction of sp³-hybridized carbons (Fsp3) is 0.182. The molecule has 1 saturated carbocycles. The van der Waals surface area contributed by atoms with Gasteiger partial charge in [0.2, 0.25) is 0 Å². The Bertz CT molecular complexity index is 1290. The third kappa shape index (κ3) is 2.39. The van der Waals surface area contributed by atoms with Crippen LogP contribution in [0.4, 0.5) is 0 Å². The number of carboxylic acids is 1. The van der Waals surface area contributed by atoms with Crippen molar-refractivity contribution in [2.75, 3.05) is 0 Å². The SMILES string of the molecule is Cc1c(-c2ccc3[nH]ccc3c2)ccn2c(=O)c(C(=O)O)cc(C3CC3)c12. The van der Waals surface area contributed by atoms with E-state index in [1.54, 1.807) is 12.3 Å². The molecule has 1 aliphatic rings. The summed E-state index contributed by atoms with van der Waals surface area (Å²) in [4.78, 5) is 27.4. The molecule has 134 valence electrons. The number of rotatable bonds is 3. The highest BCUT2D eigenvalue weighted by molar-refractivity contribution is 5.90. The summed E-state index contributed by atoms with van der Waals surface area (Å²) in [6.07, 6.45) is 5.69. The van der Waals surface area contributed by atoms with Gasteiger partial charge in [0.25, 0.3) is 5.56 Å².